The molecule has 4 nitrogen and oxygen atoms in total. The van der Waals surface area contributed by atoms with E-state index in [4.69, 9.17) is 21.4 Å². The van der Waals surface area contributed by atoms with E-state index < -0.39 is 5.97 Å². The van der Waals surface area contributed by atoms with E-state index in [1.54, 1.807) is 0 Å². The summed E-state index contributed by atoms with van der Waals surface area (Å²) in [5.74, 6) is -0.814. The number of hydrogen-bond acceptors (Lipinski definition) is 3. The third kappa shape index (κ3) is 3.96. The number of halogens is 1. The molecule has 0 aliphatic heterocycles. The van der Waals surface area contributed by atoms with Crippen molar-refractivity contribution in [3.05, 3.63) is 58.7 Å². The molecule has 0 fully saturated rings. The van der Waals surface area contributed by atoms with Crippen molar-refractivity contribution in [2.24, 2.45) is 0 Å². The Balaban J connectivity index is 1.85. The van der Waals surface area contributed by atoms with Gasteiger partial charge in [0.25, 0.3) is 0 Å². The molecule has 0 saturated carbocycles. The highest BCUT2D eigenvalue weighted by Gasteiger charge is 2.10. The van der Waals surface area contributed by atoms with Crippen molar-refractivity contribution in [2.45, 2.75) is 12.8 Å². The maximum absolute atomic E-state index is 10.9. The van der Waals surface area contributed by atoms with Crippen LogP contribution in [0.25, 0.3) is 0 Å². The number of pyridine rings is 1. The largest absolute Gasteiger partial charge is 0.478 e. The topological polar surface area (TPSA) is 59.4 Å². The first-order chi connectivity index (χ1) is 9.66. The maximum atomic E-state index is 10.9. The molecule has 20 heavy (non-hydrogen) atoms. The van der Waals surface area contributed by atoms with Crippen LogP contribution >= 0.6 is 11.6 Å². The molecule has 0 aliphatic rings. The normalized spacial score (nSPS) is 10.2. The van der Waals surface area contributed by atoms with Gasteiger partial charge in [-0.1, -0.05) is 41.9 Å². The van der Waals surface area contributed by atoms with Crippen LogP contribution < -0.4 is 4.74 Å². The molecule has 1 aromatic heterocycles. The number of ether oxygens (including phenoxy) is 1. The Morgan fingerprint density at radius 1 is 1.30 bits per heavy atom. The third-order valence-electron chi connectivity index (χ3n) is 2.76. The van der Waals surface area contributed by atoms with Crippen LogP contribution in [0.3, 0.4) is 0 Å². The molecule has 0 unspecified atom stereocenters. The average molecular weight is 292 g/mol. The molecule has 0 aliphatic carbocycles. The van der Waals surface area contributed by atoms with Crippen molar-refractivity contribution >= 4 is 17.6 Å². The van der Waals surface area contributed by atoms with Crippen LogP contribution in [0.5, 0.6) is 5.88 Å². The number of hydrogen-bond donors (Lipinski definition) is 1. The van der Waals surface area contributed by atoms with Gasteiger partial charge in [0.05, 0.1) is 23.4 Å². The van der Waals surface area contributed by atoms with Crippen LogP contribution in [0.15, 0.2) is 42.6 Å². The van der Waals surface area contributed by atoms with Gasteiger partial charge in [0, 0.05) is 6.07 Å². The Hall–Kier alpha value is -2.07. The molecule has 0 atom stereocenters. The second-order valence-electron chi connectivity index (χ2n) is 4.25. The molecule has 104 valence electrons. The smallest absolute Gasteiger partial charge is 0.337 e. The van der Waals surface area contributed by atoms with E-state index in [1.165, 1.54) is 17.8 Å². The SMILES string of the molecule is O=C(O)c1cc(OCCCc2ccccc2)ncc1Cl. The first kappa shape index (κ1) is 14.3. The van der Waals surface area contributed by atoms with Gasteiger partial charge in [-0.25, -0.2) is 9.78 Å². The minimum Gasteiger partial charge on any atom is -0.478 e. The summed E-state index contributed by atoms with van der Waals surface area (Å²) in [5, 5.41) is 9.05. The van der Waals surface area contributed by atoms with Crippen LogP contribution in [-0.4, -0.2) is 22.7 Å². The van der Waals surface area contributed by atoms with Gasteiger partial charge in [-0.2, -0.15) is 0 Å². The quantitative estimate of drug-likeness (QED) is 0.828. The van der Waals surface area contributed by atoms with Crippen LogP contribution in [0.2, 0.25) is 5.02 Å². The van der Waals surface area contributed by atoms with Gasteiger partial charge in [-0.3, -0.25) is 0 Å². The first-order valence-electron chi connectivity index (χ1n) is 6.22. The molecule has 1 aromatic carbocycles. The minimum absolute atomic E-state index is 0.000254. The fourth-order valence-electron chi connectivity index (χ4n) is 1.76. The lowest BCUT2D eigenvalue weighted by Gasteiger charge is -2.06. The minimum atomic E-state index is -1.09. The first-order valence-corrected chi connectivity index (χ1v) is 6.60. The summed E-state index contributed by atoms with van der Waals surface area (Å²) < 4.78 is 5.44. The van der Waals surface area contributed by atoms with Gasteiger partial charge in [-0.05, 0) is 18.4 Å². The number of carboxylic acids is 1. The summed E-state index contributed by atoms with van der Waals surface area (Å²) in [6.45, 7) is 0.475. The standard InChI is InChI=1S/C15H14ClNO3/c16-13-10-17-14(9-12(13)15(18)19)20-8-4-7-11-5-2-1-3-6-11/h1-3,5-6,9-10H,4,7-8H2,(H,18,19). The van der Waals surface area contributed by atoms with Crippen molar-refractivity contribution in [2.75, 3.05) is 6.61 Å². The number of aryl methyl sites for hydroxylation is 1. The molecule has 2 rings (SSSR count). The lowest BCUT2D eigenvalue weighted by molar-refractivity contribution is 0.0696. The highest BCUT2D eigenvalue weighted by Crippen LogP contribution is 2.19. The van der Waals surface area contributed by atoms with Crippen LogP contribution in [0.4, 0.5) is 0 Å². The molecule has 2 aromatic rings. The van der Waals surface area contributed by atoms with Gasteiger partial charge >= 0.3 is 5.97 Å². The Bertz CT molecular complexity index is 587. The molecule has 0 radical (unpaired) electrons. The summed E-state index contributed by atoms with van der Waals surface area (Å²) in [7, 11) is 0. The lowest BCUT2D eigenvalue weighted by Crippen LogP contribution is -2.04. The molecule has 0 amide bonds. The van der Waals surface area contributed by atoms with E-state index in [0.717, 1.165) is 12.8 Å². The lowest BCUT2D eigenvalue weighted by atomic mass is 10.1. The number of carboxylic acid groups (broad SMARTS) is 1. The van der Waals surface area contributed by atoms with Crippen LogP contribution in [-0.2, 0) is 6.42 Å². The van der Waals surface area contributed by atoms with Crippen molar-refractivity contribution in [3.8, 4) is 5.88 Å². The highest BCUT2D eigenvalue weighted by molar-refractivity contribution is 6.33. The van der Waals surface area contributed by atoms with Crippen molar-refractivity contribution in [3.63, 3.8) is 0 Å². The molecule has 5 heteroatoms. The zero-order valence-corrected chi connectivity index (χ0v) is 11.5. The molecule has 0 saturated heterocycles. The molecule has 1 heterocycles. The van der Waals surface area contributed by atoms with Gasteiger partial charge < -0.3 is 9.84 Å². The fourth-order valence-corrected chi connectivity index (χ4v) is 1.94. The van der Waals surface area contributed by atoms with Gasteiger partial charge in [0.15, 0.2) is 0 Å². The number of nitrogens with zero attached hydrogens (tertiary/aromatic N) is 1. The van der Waals surface area contributed by atoms with Gasteiger partial charge in [-0.15, -0.1) is 0 Å². The second-order valence-corrected chi connectivity index (χ2v) is 4.65. The van der Waals surface area contributed by atoms with E-state index >= 15 is 0 Å². The van der Waals surface area contributed by atoms with E-state index in [0.29, 0.717) is 6.61 Å². The number of carbonyl (C=O) groups is 1. The van der Waals surface area contributed by atoms with E-state index in [-0.39, 0.29) is 16.5 Å². The van der Waals surface area contributed by atoms with Crippen LogP contribution in [0.1, 0.15) is 22.3 Å². The monoisotopic (exact) mass is 291 g/mol. The number of aromatic carboxylic acids is 1. The molecular formula is C15H14ClNO3. The molecule has 0 spiro atoms. The van der Waals surface area contributed by atoms with E-state index in [1.807, 2.05) is 18.2 Å². The summed E-state index contributed by atoms with van der Waals surface area (Å²) >= 11 is 5.73. The Kier molecular flexibility index (Phi) is 4.96. The fraction of sp³-hybridized carbons (Fsp3) is 0.200. The summed E-state index contributed by atoms with van der Waals surface area (Å²) in [6.07, 6.45) is 3.02. The third-order valence-corrected chi connectivity index (χ3v) is 3.06. The van der Waals surface area contributed by atoms with Crippen LogP contribution in [0, 0.1) is 0 Å². The van der Waals surface area contributed by atoms with E-state index in [9.17, 15) is 4.79 Å². The van der Waals surface area contributed by atoms with Gasteiger partial charge in [0.2, 0.25) is 5.88 Å². The number of aromatic nitrogens is 1. The summed E-state index contributed by atoms with van der Waals surface area (Å²) in [4.78, 5) is 14.9. The maximum Gasteiger partial charge on any atom is 0.337 e. The molecule has 0 bridgehead atoms. The predicted octanol–water partition coefficient (Wildman–Crippen LogP) is 3.44. The predicted molar refractivity (Wildman–Crippen MR) is 76.5 cm³/mol. The zero-order valence-electron chi connectivity index (χ0n) is 10.8. The molecule has 1 N–H and O–H groups in total. The summed E-state index contributed by atoms with van der Waals surface area (Å²) in [6, 6.07) is 11.4. The zero-order chi connectivity index (χ0) is 14.4. The second kappa shape index (κ2) is 6.91. The van der Waals surface area contributed by atoms with E-state index in [2.05, 4.69) is 17.1 Å². The Labute approximate surface area is 122 Å². The molecular weight excluding hydrogens is 278 g/mol. The van der Waals surface area contributed by atoms with Crippen molar-refractivity contribution in [1.82, 2.24) is 4.98 Å². The number of rotatable bonds is 6. The van der Waals surface area contributed by atoms with Crippen molar-refractivity contribution in [1.29, 1.82) is 0 Å². The average Bonchev–Trinajstić information content (AvgIpc) is 2.46. The Morgan fingerprint density at radius 3 is 2.75 bits per heavy atom. The highest BCUT2D eigenvalue weighted by atomic mass is 35.5. The summed E-state index contributed by atoms with van der Waals surface area (Å²) in [5.41, 5.74) is 1.24. The van der Waals surface area contributed by atoms with Crippen molar-refractivity contribution < 1.29 is 14.6 Å². The number of benzene rings is 1. The Morgan fingerprint density at radius 2 is 2.05 bits per heavy atom. The van der Waals surface area contributed by atoms with Gasteiger partial charge in [0.1, 0.15) is 0 Å².